The molecule has 0 aliphatic carbocycles. The first-order chi connectivity index (χ1) is 9.08. The molecule has 0 bridgehead atoms. The fourth-order valence-electron chi connectivity index (χ4n) is 1.69. The van der Waals surface area contributed by atoms with E-state index in [1.165, 1.54) is 11.0 Å². The Bertz CT molecular complexity index is 587. The third kappa shape index (κ3) is 3.13. The van der Waals surface area contributed by atoms with Crippen LogP contribution in [0.1, 0.15) is 15.9 Å². The highest BCUT2D eigenvalue weighted by atomic mass is 19.2. The van der Waals surface area contributed by atoms with E-state index in [1.807, 2.05) is 6.07 Å². The van der Waals surface area contributed by atoms with Crippen molar-refractivity contribution in [1.29, 1.82) is 0 Å². The highest BCUT2D eigenvalue weighted by Gasteiger charge is 2.14. The SMILES string of the molecule is CN(Cc1cccnc1)C(=O)c1ccc(F)c(F)c1. The molecule has 0 unspecified atom stereocenters. The second-order valence-corrected chi connectivity index (χ2v) is 4.15. The zero-order valence-electron chi connectivity index (χ0n) is 10.3. The quantitative estimate of drug-likeness (QED) is 0.852. The van der Waals surface area contributed by atoms with Gasteiger partial charge in [0, 0.05) is 31.5 Å². The number of rotatable bonds is 3. The van der Waals surface area contributed by atoms with Gasteiger partial charge in [-0.05, 0) is 29.8 Å². The molecule has 0 N–H and O–H groups in total. The van der Waals surface area contributed by atoms with Crippen molar-refractivity contribution in [2.45, 2.75) is 6.54 Å². The largest absolute Gasteiger partial charge is 0.337 e. The van der Waals surface area contributed by atoms with Crippen LogP contribution in [0.4, 0.5) is 8.78 Å². The lowest BCUT2D eigenvalue weighted by molar-refractivity contribution is 0.0784. The van der Waals surface area contributed by atoms with Crippen LogP contribution in [0.15, 0.2) is 42.7 Å². The van der Waals surface area contributed by atoms with Crippen molar-refractivity contribution in [3.63, 3.8) is 0 Å². The summed E-state index contributed by atoms with van der Waals surface area (Å²) in [4.78, 5) is 17.4. The number of nitrogens with zero attached hydrogens (tertiary/aromatic N) is 2. The van der Waals surface area contributed by atoms with Gasteiger partial charge in [-0.1, -0.05) is 6.07 Å². The summed E-state index contributed by atoms with van der Waals surface area (Å²) in [6.45, 7) is 0.353. The number of benzene rings is 1. The van der Waals surface area contributed by atoms with Crippen LogP contribution < -0.4 is 0 Å². The van der Waals surface area contributed by atoms with E-state index >= 15 is 0 Å². The average Bonchev–Trinajstić information content (AvgIpc) is 2.42. The molecule has 5 heteroatoms. The Morgan fingerprint density at radius 3 is 2.68 bits per heavy atom. The fourth-order valence-corrected chi connectivity index (χ4v) is 1.69. The minimum atomic E-state index is -1.03. The van der Waals surface area contributed by atoms with Crippen molar-refractivity contribution in [2.24, 2.45) is 0 Å². The molecule has 0 atom stereocenters. The van der Waals surface area contributed by atoms with Gasteiger partial charge in [0.05, 0.1) is 0 Å². The minimum absolute atomic E-state index is 0.116. The Morgan fingerprint density at radius 1 is 1.26 bits per heavy atom. The Kier molecular flexibility index (Phi) is 3.85. The highest BCUT2D eigenvalue weighted by Crippen LogP contribution is 2.12. The lowest BCUT2D eigenvalue weighted by atomic mass is 10.2. The summed E-state index contributed by atoms with van der Waals surface area (Å²) in [6.07, 6.45) is 3.29. The van der Waals surface area contributed by atoms with Crippen LogP contribution in [-0.2, 0) is 6.54 Å². The van der Waals surface area contributed by atoms with Crippen molar-refractivity contribution in [3.8, 4) is 0 Å². The number of carbonyl (C=O) groups is 1. The monoisotopic (exact) mass is 262 g/mol. The third-order valence-electron chi connectivity index (χ3n) is 2.66. The molecule has 1 heterocycles. The molecule has 1 aromatic carbocycles. The van der Waals surface area contributed by atoms with Gasteiger partial charge < -0.3 is 4.90 Å². The minimum Gasteiger partial charge on any atom is -0.337 e. The van der Waals surface area contributed by atoms with E-state index in [-0.39, 0.29) is 11.5 Å². The van der Waals surface area contributed by atoms with Crippen LogP contribution in [0.2, 0.25) is 0 Å². The van der Waals surface area contributed by atoms with Crippen LogP contribution in [-0.4, -0.2) is 22.8 Å². The van der Waals surface area contributed by atoms with Crippen LogP contribution in [0.3, 0.4) is 0 Å². The number of amides is 1. The van der Waals surface area contributed by atoms with E-state index in [0.717, 1.165) is 17.7 Å². The molecule has 1 aromatic heterocycles. The molecule has 0 fully saturated rings. The van der Waals surface area contributed by atoms with Crippen molar-refractivity contribution in [1.82, 2.24) is 9.88 Å². The summed E-state index contributed by atoms with van der Waals surface area (Å²) in [5.74, 6) is -2.37. The van der Waals surface area contributed by atoms with E-state index in [9.17, 15) is 13.6 Å². The standard InChI is InChI=1S/C14H12F2N2O/c1-18(9-10-3-2-6-17-8-10)14(19)11-4-5-12(15)13(16)7-11/h2-8H,9H2,1H3. The zero-order chi connectivity index (χ0) is 13.8. The van der Waals surface area contributed by atoms with E-state index in [4.69, 9.17) is 0 Å². The Morgan fingerprint density at radius 2 is 2.05 bits per heavy atom. The smallest absolute Gasteiger partial charge is 0.254 e. The number of carbonyl (C=O) groups excluding carboxylic acids is 1. The number of aromatic nitrogens is 1. The van der Waals surface area contributed by atoms with E-state index in [0.29, 0.717) is 6.54 Å². The molecule has 2 rings (SSSR count). The van der Waals surface area contributed by atoms with Crippen LogP contribution in [0.5, 0.6) is 0 Å². The van der Waals surface area contributed by atoms with Crippen LogP contribution in [0.25, 0.3) is 0 Å². The summed E-state index contributed by atoms with van der Waals surface area (Å²) in [6, 6.07) is 6.71. The molecule has 0 aliphatic rings. The summed E-state index contributed by atoms with van der Waals surface area (Å²) >= 11 is 0. The number of halogens is 2. The fraction of sp³-hybridized carbons (Fsp3) is 0.143. The van der Waals surface area contributed by atoms with E-state index in [2.05, 4.69) is 4.98 Å². The second kappa shape index (κ2) is 5.56. The number of hydrogen-bond acceptors (Lipinski definition) is 2. The normalized spacial score (nSPS) is 10.3. The first-order valence-corrected chi connectivity index (χ1v) is 5.67. The second-order valence-electron chi connectivity index (χ2n) is 4.15. The first-order valence-electron chi connectivity index (χ1n) is 5.67. The summed E-state index contributed by atoms with van der Waals surface area (Å²) in [7, 11) is 1.59. The molecule has 2 aromatic rings. The molecule has 0 spiro atoms. The predicted molar refractivity (Wildman–Crippen MR) is 66.4 cm³/mol. The van der Waals surface area contributed by atoms with Crippen LogP contribution >= 0.6 is 0 Å². The summed E-state index contributed by atoms with van der Waals surface area (Å²) in [5, 5.41) is 0. The molecule has 0 radical (unpaired) electrons. The lowest BCUT2D eigenvalue weighted by Gasteiger charge is -2.17. The highest BCUT2D eigenvalue weighted by molar-refractivity contribution is 5.94. The maximum atomic E-state index is 13.1. The Balaban J connectivity index is 2.12. The molecule has 0 aliphatic heterocycles. The molecule has 3 nitrogen and oxygen atoms in total. The Hall–Kier alpha value is -2.30. The predicted octanol–water partition coefficient (Wildman–Crippen LogP) is 2.63. The molecule has 1 amide bonds. The molecule has 0 saturated carbocycles. The van der Waals surface area contributed by atoms with E-state index < -0.39 is 11.6 Å². The van der Waals surface area contributed by atoms with Gasteiger partial charge >= 0.3 is 0 Å². The molecule has 19 heavy (non-hydrogen) atoms. The van der Waals surface area contributed by atoms with Gasteiger partial charge in [0.2, 0.25) is 0 Å². The molecule has 98 valence electrons. The zero-order valence-corrected chi connectivity index (χ0v) is 10.3. The third-order valence-corrected chi connectivity index (χ3v) is 2.66. The van der Waals surface area contributed by atoms with Gasteiger partial charge in [0.25, 0.3) is 5.91 Å². The van der Waals surface area contributed by atoms with Crippen molar-refractivity contribution >= 4 is 5.91 Å². The molecular weight excluding hydrogens is 250 g/mol. The van der Waals surface area contributed by atoms with Crippen LogP contribution in [0, 0.1) is 11.6 Å². The van der Waals surface area contributed by atoms with Crippen molar-refractivity contribution in [3.05, 3.63) is 65.5 Å². The van der Waals surface area contributed by atoms with Gasteiger partial charge in [-0.2, -0.15) is 0 Å². The van der Waals surface area contributed by atoms with Crippen molar-refractivity contribution < 1.29 is 13.6 Å². The first kappa shape index (κ1) is 13.1. The molecular formula is C14H12F2N2O. The van der Waals surface area contributed by atoms with Gasteiger partial charge in [-0.3, -0.25) is 9.78 Å². The van der Waals surface area contributed by atoms with Gasteiger partial charge in [0.15, 0.2) is 11.6 Å². The Labute approximate surface area is 109 Å². The number of pyridine rings is 1. The maximum absolute atomic E-state index is 13.1. The summed E-state index contributed by atoms with van der Waals surface area (Å²) < 4.78 is 25.9. The number of hydrogen-bond donors (Lipinski definition) is 0. The maximum Gasteiger partial charge on any atom is 0.254 e. The summed E-state index contributed by atoms with van der Waals surface area (Å²) in [5.41, 5.74) is 0.978. The van der Waals surface area contributed by atoms with Crippen molar-refractivity contribution in [2.75, 3.05) is 7.05 Å². The topological polar surface area (TPSA) is 33.2 Å². The van der Waals surface area contributed by atoms with Gasteiger partial charge in [-0.15, -0.1) is 0 Å². The molecule has 0 saturated heterocycles. The van der Waals surface area contributed by atoms with Gasteiger partial charge in [0.1, 0.15) is 0 Å². The van der Waals surface area contributed by atoms with E-state index in [1.54, 1.807) is 25.5 Å². The average molecular weight is 262 g/mol. The van der Waals surface area contributed by atoms with Gasteiger partial charge in [-0.25, -0.2) is 8.78 Å². The lowest BCUT2D eigenvalue weighted by Crippen LogP contribution is -2.26.